The number of hydrogen-bond acceptors (Lipinski definition) is 4. The molecule has 1 fully saturated rings. The Morgan fingerprint density at radius 3 is 2.58 bits per heavy atom. The van der Waals surface area contributed by atoms with E-state index in [1.54, 1.807) is 0 Å². The average molecular weight is 444 g/mol. The van der Waals surface area contributed by atoms with Gasteiger partial charge in [-0.25, -0.2) is 0 Å². The molecule has 0 aromatic heterocycles. The van der Waals surface area contributed by atoms with E-state index in [1.807, 2.05) is 12.1 Å². The molecule has 33 heavy (non-hydrogen) atoms. The number of fused-ring (bicyclic) bond motifs is 1. The van der Waals surface area contributed by atoms with Crippen LogP contribution >= 0.6 is 0 Å². The largest absolute Gasteiger partial charge is 0.493 e. The minimum absolute atomic E-state index is 0.537. The first-order chi connectivity index (χ1) is 16.2. The van der Waals surface area contributed by atoms with Crippen LogP contribution in [0.2, 0.25) is 0 Å². The highest BCUT2D eigenvalue weighted by Crippen LogP contribution is 2.32. The van der Waals surface area contributed by atoms with Crippen LogP contribution in [0.5, 0.6) is 11.5 Å². The van der Waals surface area contributed by atoms with Gasteiger partial charge >= 0.3 is 0 Å². The zero-order valence-electron chi connectivity index (χ0n) is 19.7. The van der Waals surface area contributed by atoms with Crippen LogP contribution in [0.4, 0.5) is 5.69 Å². The number of rotatable bonds is 7. The summed E-state index contributed by atoms with van der Waals surface area (Å²) in [6.45, 7) is 8.51. The van der Waals surface area contributed by atoms with E-state index in [0.29, 0.717) is 12.5 Å². The Morgan fingerprint density at radius 1 is 0.939 bits per heavy atom. The molecule has 0 bridgehead atoms. The zero-order valence-corrected chi connectivity index (χ0v) is 19.7. The molecule has 4 nitrogen and oxygen atoms in total. The molecule has 4 heteroatoms. The molecule has 1 saturated heterocycles. The Bertz CT molecular complexity index is 1090. The predicted octanol–water partition coefficient (Wildman–Crippen LogP) is 6.32. The number of benzene rings is 3. The van der Waals surface area contributed by atoms with Gasteiger partial charge in [0.1, 0.15) is 18.1 Å². The summed E-state index contributed by atoms with van der Waals surface area (Å²) < 4.78 is 17.2. The normalized spacial score (nSPS) is 15.7. The quantitative estimate of drug-likeness (QED) is 0.464. The summed E-state index contributed by atoms with van der Waals surface area (Å²) in [5.41, 5.74) is 8.75. The molecule has 172 valence electrons. The maximum Gasteiger partial charge on any atom is 0.126 e. The van der Waals surface area contributed by atoms with E-state index in [2.05, 4.69) is 61.6 Å². The van der Waals surface area contributed by atoms with Crippen LogP contribution in [0.1, 0.15) is 35.1 Å². The lowest BCUT2D eigenvalue weighted by molar-refractivity contribution is 0.0699. The second-order valence-corrected chi connectivity index (χ2v) is 9.28. The lowest BCUT2D eigenvalue weighted by Crippen LogP contribution is -2.22. The van der Waals surface area contributed by atoms with Gasteiger partial charge in [-0.2, -0.15) is 0 Å². The highest BCUT2D eigenvalue weighted by Gasteiger charge is 2.15. The molecule has 0 spiro atoms. The minimum Gasteiger partial charge on any atom is -0.493 e. The molecule has 0 unspecified atom stereocenters. The highest BCUT2D eigenvalue weighted by atomic mass is 16.5. The van der Waals surface area contributed by atoms with Crippen LogP contribution in [0.25, 0.3) is 11.1 Å². The van der Waals surface area contributed by atoms with Crippen molar-refractivity contribution in [1.82, 2.24) is 0 Å². The lowest BCUT2D eigenvalue weighted by atomic mass is 9.93. The molecule has 3 aromatic carbocycles. The van der Waals surface area contributed by atoms with Gasteiger partial charge in [0.15, 0.2) is 0 Å². The van der Waals surface area contributed by atoms with E-state index < -0.39 is 0 Å². The lowest BCUT2D eigenvalue weighted by Gasteiger charge is -2.23. The number of nitrogens with one attached hydrogen (secondary N) is 1. The van der Waals surface area contributed by atoms with Gasteiger partial charge in [-0.15, -0.1) is 0 Å². The summed E-state index contributed by atoms with van der Waals surface area (Å²) >= 11 is 0. The summed E-state index contributed by atoms with van der Waals surface area (Å²) in [5.74, 6) is 2.51. The molecule has 0 amide bonds. The summed E-state index contributed by atoms with van der Waals surface area (Å²) in [6, 6.07) is 19.4. The monoisotopic (exact) mass is 443 g/mol. The fraction of sp³-hybridized carbons (Fsp3) is 0.379. The van der Waals surface area contributed by atoms with E-state index in [1.165, 1.54) is 33.5 Å². The first kappa shape index (κ1) is 21.8. The predicted molar refractivity (Wildman–Crippen MR) is 133 cm³/mol. The molecule has 5 rings (SSSR count). The van der Waals surface area contributed by atoms with Crippen molar-refractivity contribution in [2.45, 2.75) is 39.7 Å². The van der Waals surface area contributed by atoms with Crippen LogP contribution in [-0.2, 0) is 17.8 Å². The maximum atomic E-state index is 6.08. The first-order valence-electron chi connectivity index (χ1n) is 12.1. The number of ether oxygens (including phenoxy) is 3. The first-order valence-corrected chi connectivity index (χ1v) is 12.1. The molecular formula is C29H33NO3. The van der Waals surface area contributed by atoms with E-state index in [4.69, 9.17) is 14.2 Å². The van der Waals surface area contributed by atoms with Gasteiger partial charge in [0.2, 0.25) is 0 Å². The Labute approximate surface area is 196 Å². The van der Waals surface area contributed by atoms with E-state index in [9.17, 15) is 0 Å². The third-order valence-electron chi connectivity index (χ3n) is 6.76. The number of anilines is 1. The van der Waals surface area contributed by atoms with E-state index in [0.717, 1.165) is 62.7 Å². The van der Waals surface area contributed by atoms with Crippen molar-refractivity contribution in [1.29, 1.82) is 0 Å². The number of hydrogen-bond donors (Lipinski definition) is 1. The molecule has 2 aliphatic rings. The van der Waals surface area contributed by atoms with Gasteiger partial charge in [-0.3, -0.25) is 0 Å². The van der Waals surface area contributed by atoms with Crippen molar-refractivity contribution in [2.24, 2.45) is 5.92 Å². The Balaban J connectivity index is 1.27. The van der Waals surface area contributed by atoms with Gasteiger partial charge in [-0.1, -0.05) is 24.3 Å². The summed E-state index contributed by atoms with van der Waals surface area (Å²) in [7, 11) is 0. The zero-order chi connectivity index (χ0) is 22.6. The third-order valence-corrected chi connectivity index (χ3v) is 6.76. The van der Waals surface area contributed by atoms with Crippen molar-refractivity contribution in [3.8, 4) is 22.6 Å². The summed E-state index contributed by atoms with van der Waals surface area (Å²) in [5, 5.41) is 3.66. The van der Waals surface area contributed by atoms with Gasteiger partial charge in [0, 0.05) is 37.9 Å². The second kappa shape index (κ2) is 9.88. The number of aryl methyl sites for hydroxylation is 2. The van der Waals surface area contributed by atoms with Crippen molar-refractivity contribution in [2.75, 3.05) is 31.7 Å². The Morgan fingerprint density at radius 2 is 1.76 bits per heavy atom. The van der Waals surface area contributed by atoms with Crippen LogP contribution in [0, 0.1) is 19.8 Å². The molecule has 3 aromatic rings. The maximum absolute atomic E-state index is 6.08. The second-order valence-electron chi connectivity index (χ2n) is 9.28. The van der Waals surface area contributed by atoms with Gasteiger partial charge < -0.3 is 19.5 Å². The molecule has 0 aliphatic carbocycles. The average Bonchev–Trinajstić information content (AvgIpc) is 3.30. The van der Waals surface area contributed by atoms with Gasteiger partial charge in [-0.05, 0) is 90.3 Å². The molecule has 2 heterocycles. The summed E-state index contributed by atoms with van der Waals surface area (Å²) in [4.78, 5) is 0. The fourth-order valence-corrected chi connectivity index (χ4v) is 4.95. The summed E-state index contributed by atoms with van der Waals surface area (Å²) in [6.07, 6.45) is 3.28. The Kier molecular flexibility index (Phi) is 6.54. The smallest absolute Gasteiger partial charge is 0.126 e. The van der Waals surface area contributed by atoms with Gasteiger partial charge in [0.25, 0.3) is 0 Å². The third kappa shape index (κ3) is 5.17. The molecule has 2 aliphatic heterocycles. The molecule has 0 atom stereocenters. The molecule has 0 radical (unpaired) electrons. The van der Waals surface area contributed by atoms with Crippen molar-refractivity contribution in [3.05, 3.63) is 76.9 Å². The van der Waals surface area contributed by atoms with Crippen LogP contribution < -0.4 is 14.8 Å². The molecule has 1 N–H and O–H groups in total. The van der Waals surface area contributed by atoms with E-state index >= 15 is 0 Å². The van der Waals surface area contributed by atoms with Crippen molar-refractivity contribution >= 4 is 5.69 Å². The van der Waals surface area contributed by atoms with Crippen LogP contribution in [-0.4, -0.2) is 26.4 Å². The van der Waals surface area contributed by atoms with Crippen LogP contribution in [0.15, 0.2) is 54.6 Å². The molecule has 0 saturated carbocycles. The fourth-order valence-electron chi connectivity index (χ4n) is 4.95. The van der Waals surface area contributed by atoms with Crippen molar-refractivity contribution in [3.63, 3.8) is 0 Å². The minimum atomic E-state index is 0.537. The molecular weight excluding hydrogens is 410 g/mol. The van der Waals surface area contributed by atoms with E-state index in [-0.39, 0.29) is 0 Å². The Hall–Kier alpha value is -2.98. The van der Waals surface area contributed by atoms with Gasteiger partial charge in [0.05, 0.1) is 6.61 Å². The standard InChI is InChI=1S/C29H33NO3/c1-20-14-26(30-18-22-8-11-31-12-9-22)15-21(2)29(20)25-5-3-4-23(16-25)19-33-27-7-6-24-10-13-32-28(24)17-27/h3-7,14-17,22,30H,8-13,18-19H2,1-2H3. The highest BCUT2D eigenvalue weighted by molar-refractivity contribution is 5.74. The SMILES string of the molecule is Cc1cc(NCC2CCOCC2)cc(C)c1-c1cccc(COc2ccc3c(c2)OCC3)c1. The van der Waals surface area contributed by atoms with Crippen molar-refractivity contribution < 1.29 is 14.2 Å². The van der Waals surface area contributed by atoms with Crippen LogP contribution in [0.3, 0.4) is 0 Å². The topological polar surface area (TPSA) is 39.7 Å².